The molecule has 5 rings (SSSR count). The van der Waals surface area contributed by atoms with Gasteiger partial charge in [0, 0.05) is 16.2 Å². The molecule has 0 spiro atoms. The molecule has 162 valence electrons. The van der Waals surface area contributed by atoms with Crippen molar-refractivity contribution in [2.24, 2.45) is 11.8 Å². The van der Waals surface area contributed by atoms with E-state index in [1.54, 1.807) is 18.9 Å². The van der Waals surface area contributed by atoms with Crippen LogP contribution in [0.3, 0.4) is 0 Å². The van der Waals surface area contributed by atoms with Gasteiger partial charge in [0.15, 0.2) is 0 Å². The SMILES string of the molecule is COC(=O)C1=C(CN2Sc3c(CO)ccc4cccc2c34)C(C)C2[C@@H](C(C)O)C(=O)N12. The Hall–Kier alpha value is -2.55. The van der Waals surface area contributed by atoms with Crippen molar-refractivity contribution < 1.29 is 24.5 Å². The van der Waals surface area contributed by atoms with Crippen LogP contribution in [0.25, 0.3) is 10.8 Å². The third-order valence-corrected chi connectivity index (χ3v) is 7.90. The number of fused-ring (bicyclic) bond motifs is 1. The van der Waals surface area contributed by atoms with Crippen LogP contribution in [-0.2, 0) is 20.9 Å². The Morgan fingerprint density at radius 1 is 1.29 bits per heavy atom. The number of esters is 1. The van der Waals surface area contributed by atoms with Crippen molar-refractivity contribution in [2.75, 3.05) is 18.0 Å². The number of rotatable bonds is 5. The largest absolute Gasteiger partial charge is 0.464 e. The van der Waals surface area contributed by atoms with Gasteiger partial charge in [-0.1, -0.05) is 31.2 Å². The molecule has 2 aromatic carbocycles. The van der Waals surface area contributed by atoms with Crippen LogP contribution in [0.1, 0.15) is 19.4 Å². The molecular formula is C23H24N2O5S. The fourth-order valence-electron chi connectivity index (χ4n) is 5.18. The second kappa shape index (κ2) is 7.25. The second-order valence-electron chi connectivity index (χ2n) is 8.33. The summed E-state index contributed by atoms with van der Waals surface area (Å²) in [7, 11) is 1.32. The summed E-state index contributed by atoms with van der Waals surface area (Å²) < 4.78 is 7.13. The van der Waals surface area contributed by atoms with Crippen molar-refractivity contribution >= 4 is 40.3 Å². The van der Waals surface area contributed by atoms with Crippen molar-refractivity contribution in [1.82, 2.24) is 4.90 Å². The van der Waals surface area contributed by atoms with Gasteiger partial charge in [0.25, 0.3) is 0 Å². The summed E-state index contributed by atoms with van der Waals surface area (Å²) in [4.78, 5) is 27.9. The lowest BCUT2D eigenvalue weighted by molar-refractivity contribution is -0.163. The van der Waals surface area contributed by atoms with Crippen LogP contribution in [0.2, 0.25) is 0 Å². The molecule has 0 bridgehead atoms. The number of amides is 1. The fourth-order valence-corrected chi connectivity index (χ4v) is 6.42. The normalized spacial score (nSPS) is 25.2. The zero-order valence-electron chi connectivity index (χ0n) is 17.5. The van der Waals surface area contributed by atoms with Gasteiger partial charge in [0.1, 0.15) is 5.70 Å². The summed E-state index contributed by atoms with van der Waals surface area (Å²) in [6.07, 6.45) is -0.777. The number of nitrogens with zero attached hydrogens (tertiary/aromatic N) is 2. The number of carbonyl (C=O) groups is 2. The van der Waals surface area contributed by atoms with E-state index in [0.29, 0.717) is 12.2 Å². The molecule has 0 saturated carbocycles. The first-order valence-corrected chi connectivity index (χ1v) is 11.1. The van der Waals surface area contributed by atoms with E-state index in [1.165, 1.54) is 12.0 Å². The standard InChI is InChI=1S/C23H24N2O5S/c1-11-15(20(23(29)30-3)25-19(11)17(12(2)27)22(25)28)9-24-16-6-4-5-13-7-8-14(10-26)21(31-24)18(13)16/h4-8,11-12,17,19,26-27H,9-10H2,1-3H3/t11?,12?,17-,19?/m1/s1. The number of hydrogen-bond acceptors (Lipinski definition) is 7. The summed E-state index contributed by atoms with van der Waals surface area (Å²) in [5.41, 5.74) is 3.01. The third-order valence-electron chi connectivity index (χ3n) is 6.71. The van der Waals surface area contributed by atoms with E-state index < -0.39 is 18.0 Å². The molecular weight excluding hydrogens is 416 g/mol. The molecule has 3 heterocycles. The monoisotopic (exact) mass is 440 g/mol. The number of ether oxygens (including phenoxy) is 1. The van der Waals surface area contributed by atoms with Crippen LogP contribution >= 0.6 is 11.9 Å². The quantitative estimate of drug-likeness (QED) is 0.419. The van der Waals surface area contributed by atoms with Crippen molar-refractivity contribution in [2.45, 2.75) is 37.5 Å². The number of aliphatic hydroxyl groups is 2. The van der Waals surface area contributed by atoms with Crippen molar-refractivity contribution in [3.63, 3.8) is 0 Å². The highest BCUT2D eigenvalue weighted by atomic mass is 32.2. The Labute approximate surface area is 184 Å². The molecule has 2 aromatic rings. The molecule has 3 aliphatic heterocycles. The number of β-lactam (4-membered cyclic amide) rings is 1. The Morgan fingerprint density at radius 3 is 2.74 bits per heavy atom. The smallest absolute Gasteiger partial charge is 0.354 e. The highest BCUT2D eigenvalue weighted by Crippen LogP contribution is 2.51. The van der Waals surface area contributed by atoms with Crippen LogP contribution in [0, 0.1) is 11.8 Å². The van der Waals surface area contributed by atoms with Gasteiger partial charge >= 0.3 is 5.97 Å². The first-order valence-electron chi connectivity index (χ1n) is 10.3. The zero-order valence-corrected chi connectivity index (χ0v) is 18.3. The van der Waals surface area contributed by atoms with Crippen LogP contribution in [0.5, 0.6) is 0 Å². The Kier molecular flexibility index (Phi) is 4.76. The maximum atomic E-state index is 12.7. The molecule has 2 N–H and O–H groups in total. The zero-order chi connectivity index (χ0) is 22.0. The number of hydrogen-bond donors (Lipinski definition) is 2. The first-order chi connectivity index (χ1) is 14.9. The molecule has 0 radical (unpaired) electrons. The van der Waals surface area contributed by atoms with Crippen molar-refractivity contribution in [3.05, 3.63) is 47.2 Å². The lowest BCUT2D eigenvalue weighted by atomic mass is 9.78. The Balaban J connectivity index is 1.55. The lowest BCUT2D eigenvalue weighted by Crippen LogP contribution is -2.63. The minimum atomic E-state index is -0.777. The van der Waals surface area contributed by atoms with Crippen LogP contribution in [0.4, 0.5) is 5.69 Å². The second-order valence-corrected chi connectivity index (χ2v) is 9.37. The van der Waals surface area contributed by atoms with Gasteiger partial charge in [-0.15, -0.1) is 0 Å². The minimum absolute atomic E-state index is 0.0482. The van der Waals surface area contributed by atoms with Gasteiger partial charge in [-0.2, -0.15) is 0 Å². The molecule has 4 atom stereocenters. The lowest BCUT2D eigenvalue weighted by Gasteiger charge is -2.46. The summed E-state index contributed by atoms with van der Waals surface area (Å²) in [5.74, 6) is -1.37. The molecule has 1 amide bonds. The summed E-state index contributed by atoms with van der Waals surface area (Å²) in [6, 6.07) is 9.77. The van der Waals surface area contributed by atoms with Gasteiger partial charge in [-0.25, -0.2) is 4.79 Å². The van der Waals surface area contributed by atoms with Gasteiger partial charge < -0.3 is 24.2 Å². The van der Waals surface area contributed by atoms with Crippen LogP contribution < -0.4 is 4.31 Å². The topological polar surface area (TPSA) is 90.3 Å². The number of aliphatic hydroxyl groups excluding tert-OH is 2. The van der Waals surface area contributed by atoms with E-state index in [0.717, 1.165) is 32.5 Å². The average Bonchev–Trinajstić information content (AvgIpc) is 3.23. The number of anilines is 1. The van der Waals surface area contributed by atoms with Crippen molar-refractivity contribution in [3.8, 4) is 0 Å². The Bertz CT molecular complexity index is 1140. The van der Waals surface area contributed by atoms with Gasteiger partial charge in [-0.3, -0.25) is 4.79 Å². The van der Waals surface area contributed by atoms with E-state index in [2.05, 4.69) is 4.31 Å². The van der Waals surface area contributed by atoms with E-state index in [-0.39, 0.29) is 24.5 Å². The maximum Gasteiger partial charge on any atom is 0.354 e. The fraction of sp³-hybridized carbons (Fsp3) is 0.391. The molecule has 7 nitrogen and oxygen atoms in total. The van der Waals surface area contributed by atoms with E-state index in [9.17, 15) is 19.8 Å². The van der Waals surface area contributed by atoms with Crippen molar-refractivity contribution in [1.29, 1.82) is 0 Å². The molecule has 3 unspecified atom stereocenters. The van der Waals surface area contributed by atoms with E-state index in [4.69, 9.17) is 4.74 Å². The van der Waals surface area contributed by atoms with E-state index >= 15 is 0 Å². The first kappa shape index (κ1) is 20.4. The summed E-state index contributed by atoms with van der Waals surface area (Å²) in [6.45, 7) is 4.00. The highest BCUT2D eigenvalue weighted by Gasteiger charge is 2.60. The van der Waals surface area contributed by atoms with Crippen LogP contribution in [-0.4, -0.2) is 52.8 Å². The molecule has 0 aliphatic carbocycles. The van der Waals surface area contributed by atoms with Gasteiger partial charge in [0.05, 0.1) is 44.0 Å². The molecule has 1 fully saturated rings. The highest BCUT2D eigenvalue weighted by molar-refractivity contribution is 8.01. The molecule has 0 aromatic heterocycles. The number of methoxy groups -OCH3 is 1. The maximum absolute atomic E-state index is 12.7. The van der Waals surface area contributed by atoms with Crippen LogP contribution in [0.15, 0.2) is 46.5 Å². The predicted octanol–water partition coefficient (Wildman–Crippen LogP) is 2.44. The minimum Gasteiger partial charge on any atom is -0.464 e. The number of carbonyl (C=O) groups excluding carboxylic acids is 2. The molecule has 3 aliphatic rings. The predicted molar refractivity (Wildman–Crippen MR) is 117 cm³/mol. The third kappa shape index (κ3) is 2.75. The van der Waals surface area contributed by atoms with Gasteiger partial charge in [0.2, 0.25) is 5.91 Å². The molecule has 1 saturated heterocycles. The van der Waals surface area contributed by atoms with E-state index in [1.807, 2.05) is 37.3 Å². The van der Waals surface area contributed by atoms with Gasteiger partial charge in [-0.05, 0) is 41.5 Å². The average molecular weight is 441 g/mol. The Morgan fingerprint density at radius 2 is 2.06 bits per heavy atom. The molecule has 8 heteroatoms. The summed E-state index contributed by atoms with van der Waals surface area (Å²) >= 11 is 1.54. The molecule has 31 heavy (non-hydrogen) atoms. The number of benzene rings is 2. The summed E-state index contributed by atoms with van der Waals surface area (Å²) in [5, 5.41) is 22.1.